The van der Waals surface area contributed by atoms with Gasteiger partial charge in [0.15, 0.2) is 0 Å². The maximum absolute atomic E-state index is 11.6. The summed E-state index contributed by atoms with van der Waals surface area (Å²) in [5.74, 6) is -0.656. The lowest BCUT2D eigenvalue weighted by Crippen LogP contribution is -2.15. The number of nitrogens with zero attached hydrogens (tertiary/aromatic N) is 1. The van der Waals surface area contributed by atoms with Crippen LogP contribution in [0.15, 0.2) is 11.4 Å². The molecular weight excluding hydrogens is 272 g/mol. The third kappa shape index (κ3) is 4.39. The van der Waals surface area contributed by atoms with Gasteiger partial charge in [-0.2, -0.15) is 5.26 Å². The molecule has 0 saturated heterocycles. The van der Waals surface area contributed by atoms with Crippen LogP contribution in [0.3, 0.4) is 0 Å². The number of carbonyl (C=O) groups excluding carboxylic acids is 1. The summed E-state index contributed by atoms with van der Waals surface area (Å²) < 4.78 is 0. The molecule has 1 aromatic rings. The van der Waals surface area contributed by atoms with Gasteiger partial charge in [0.2, 0.25) is 5.91 Å². The number of hydrogen-bond donors (Lipinski definition) is 2. The van der Waals surface area contributed by atoms with Crippen molar-refractivity contribution in [3.8, 4) is 6.07 Å². The van der Waals surface area contributed by atoms with Crippen LogP contribution >= 0.6 is 23.1 Å². The van der Waals surface area contributed by atoms with E-state index in [1.54, 1.807) is 18.4 Å². The highest BCUT2D eigenvalue weighted by Gasteiger charge is 2.13. The third-order valence-corrected chi connectivity index (χ3v) is 4.05. The van der Waals surface area contributed by atoms with Crippen LogP contribution in [-0.4, -0.2) is 28.0 Å². The zero-order chi connectivity index (χ0) is 13.5. The first kappa shape index (κ1) is 14.5. The topological polar surface area (TPSA) is 90.2 Å². The van der Waals surface area contributed by atoms with Crippen LogP contribution in [0.2, 0.25) is 0 Å². The van der Waals surface area contributed by atoms with Gasteiger partial charge in [-0.1, -0.05) is 0 Å². The van der Waals surface area contributed by atoms with E-state index < -0.39 is 11.2 Å². The Hall–Kier alpha value is -1.52. The molecule has 1 heterocycles. The number of aliphatic carboxylic acids is 1. The largest absolute Gasteiger partial charge is 0.480 e. The monoisotopic (exact) mass is 284 g/mol. The van der Waals surface area contributed by atoms with E-state index in [0.717, 1.165) is 0 Å². The molecule has 7 heteroatoms. The predicted octanol–water partition coefficient (Wildman–Crippen LogP) is 2.15. The molecule has 0 aliphatic heterocycles. The van der Waals surface area contributed by atoms with Gasteiger partial charge in [0, 0.05) is 12.2 Å². The molecule has 0 saturated carbocycles. The lowest BCUT2D eigenvalue weighted by molar-refractivity contribution is -0.136. The number of anilines is 1. The standard InChI is InChI=1S/C11H12N2O3S2/c1-7(11(15)16)17-5-3-9(14)13-10-8(6-12)2-4-18-10/h2,4,7H,3,5H2,1H3,(H,13,14)(H,15,16). The molecule has 2 N–H and O–H groups in total. The highest BCUT2D eigenvalue weighted by Crippen LogP contribution is 2.22. The highest BCUT2D eigenvalue weighted by atomic mass is 32.2. The van der Waals surface area contributed by atoms with Gasteiger partial charge >= 0.3 is 5.97 Å². The SMILES string of the molecule is CC(SCCC(=O)Nc1sccc1C#N)C(=O)O. The molecule has 1 unspecified atom stereocenters. The second-order valence-electron chi connectivity index (χ2n) is 3.42. The summed E-state index contributed by atoms with van der Waals surface area (Å²) in [4.78, 5) is 22.1. The number of amides is 1. The fraction of sp³-hybridized carbons (Fsp3) is 0.364. The van der Waals surface area contributed by atoms with Crippen molar-refractivity contribution in [2.45, 2.75) is 18.6 Å². The van der Waals surface area contributed by atoms with Crippen LogP contribution in [0.1, 0.15) is 18.9 Å². The van der Waals surface area contributed by atoms with Crippen molar-refractivity contribution in [3.05, 3.63) is 17.0 Å². The van der Waals surface area contributed by atoms with Crippen LogP contribution in [-0.2, 0) is 9.59 Å². The minimum Gasteiger partial charge on any atom is -0.480 e. The fourth-order valence-electron chi connectivity index (χ4n) is 1.08. The summed E-state index contributed by atoms with van der Waals surface area (Å²) >= 11 is 2.51. The van der Waals surface area contributed by atoms with Crippen molar-refractivity contribution in [2.75, 3.05) is 11.1 Å². The zero-order valence-electron chi connectivity index (χ0n) is 9.67. The molecule has 1 aromatic heterocycles. The molecule has 5 nitrogen and oxygen atoms in total. The summed E-state index contributed by atoms with van der Waals surface area (Å²) in [6.07, 6.45) is 0.227. The van der Waals surface area contributed by atoms with Gasteiger partial charge in [-0.3, -0.25) is 9.59 Å². The molecule has 96 valence electrons. The van der Waals surface area contributed by atoms with Gasteiger partial charge in [0.1, 0.15) is 11.1 Å². The lowest BCUT2D eigenvalue weighted by Gasteiger charge is -2.06. The molecule has 0 aliphatic rings. The van der Waals surface area contributed by atoms with Gasteiger partial charge < -0.3 is 10.4 Å². The Morgan fingerprint density at radius 3 is 3.00 bits per heavy atom. The molecule has 0 spiro atoms. The summed E-state index contributed by atoms with van der Waals surface area (Å²) in [7, 11) is 0. The maximum atomic E-state index is 11.6. The first-order valence-electron chi connectivity index (χ1n) is 5.16. The molecule has 1 rings (SSSR count). The van der Waals surface area contributed by atoms with Crippen molar-refractivity contribution < 1.29 is 14.7 Å². The summed E-state index contributed by atoms with van der Waals surface area (Å²) in [5, 5.41) is 21.8. The van der Waals surface area contributed by atoms with E-state index in [9.17, 15) is 9.59 Å². The van der Waals surface area contributed by atoms with Crippen LogP contribution < -0.4 is 5.32 Å². The summed E-state index contributed by atoms with van der Waals surface area (Å²) in [6.45, 7) is 1.58. The smallest absolute Gasteiger partial charge is 0.316 e. The Bertz CT molecular complexity index is 479. The van der Waals surface area contributed by atoms with Gasteiger partial charge in [-0.15, -0.1) is 23.1 Å². The number of carboxylic acids is 1. The fourth-order valence-corrected chi connectivity index (χ4v) is 2.64. The molecular formula is C11H12N2O3S2. The molecule has 18 heavy (non-hydrogen) atoms. The molecule has 0 aliphatic carbocycles. The third-order valence-electron chi connectivity index (χ3n) is 2.08. The van der Waals surface area contributed by atoms with Crippen molar-refractivity contribution in [1.82, 2.24) is 0 Å². The Labute approximate surface area is 113 Å². The number of nitrogens with one attached hydrogen (secondary N) is 1. The van der Waals surface area contributed by atoms with E-state index in [0.29, 0.717) is 16.3 Å². The number of nitriles is 1. The first-order valence-corrected chi connectivity index (χ1v) is 7.09. The summed E-state index contributed by atoms with van der Waals surface area (Å²) in [5.41, 5.74) is 0.444. The quantitative estimate of drug-likeness (QED) is 0.835. The van der Waals surface area contributed by atoms with E-state index in [2.05, 4.69) is 5.32 Å². The molecule has 1 atom stereocenters. The summed E-state index contributed by atoms with van der Waals surface area (Å²) in [6, 6.07) is 3.62. The molecule has 1 amide bonds. The number of thioether (sulfide) groups is 1. The second-order valence-corrected chi connectivity index (χ2v) is 5.79. The van der Waals surface area contributed by atoms with E-state index in [4.69, 9.17) is 10.4 Å². The molecule has 0 bridgehead atoms. The number of thiophene rings is 1. The minimum atomic E-state index is -0.884. The van der Waals surface area contributed by atoms with Crippen LogP contribution in [0.25, 0.3) is 0 Å². The predicted molar refractivity (Wildman–Crippen MR) is 71.8 cm³/mol. The van der Waals surface area contributed by atoms with Crippen molar-refractivity contribution in [1.29, 1.82) is 5.26 Å². The second kappa shape index (κ2) is 7.03. The van der Waals surface area contributed by atoms with Gasteiger partial charge in [0.25, 0.3) is 0 Å². The lowest BCUT2D eigenvalue weighted by atomic mass is 10.3. The van der Waals surface area contributed by atoms with E-state index in [1.165, 1.54) is 23.1 Å². The average molecular weight is 284 g/mol. The number of carbonyl (C=O) groups is 2. The highest BCUT2D eigenvalue weighted by molar-refractivity contribution is 8.00. The number of hydrogen-bond acceptors (Lipinski definition) is 5. The van der Waals surface area contributed by atoms with Crippen molar-refractivity contribution in [2.24, 2.45) is 0 Å². The Balaban J connectivity index is 2.35. The molecule has 0 fully saturated rings. The first-order chi connectivity index (χ1) is 8.54. The van der Waals surface area contributed by atoms with E-state index in [-0.39, 0.29) is 12.3 Å². The number of rotatable bonds is 6. The van der Waals surface area contributed by atoms with Crippen molar-refractivity contribution >= 4 is 40.0 Å². The van der Waals surface area contributed by atoms with Gasteiger partial charge in [-0.05, 0) is 18.4 Å². The number of carboxylic acid groups (broad SMARTS) is 1. The Morgan fingerprint density at radius 1 is 1.67 bits per heavy atom. The van der Waals surface area contributed by atoms with Crippen LogP contribution in [0, 0.1) is 11.3 Å². The zero-order valence-corrected chi connectivity index (χ0v) is 11.3. The normalized spacial score (nSPS) is 11.6. The van der Waals surface area contributed by atoms with E-state index >= 15 is 0 Å². The maximum Gasteiger partial charge on any atom is 0.316 e. The van der Waals surface area contributed by atoms with Gasteiger partial charge in [0.05, 0.1) is 10.8 Å². The molecule has 0 radical (unpaired) electrons. The Kier molecular flexibility index (Phi) is 5.68. The van der Waals surface area contributed by atoms with Gasteiger partial charge in [-0.25, -0.2) is 0 Å². The molecule has 0 aromatic carbocycles. The average Bonchev–Trinajstić information content (AvgIpc) is 2.75. The van der Waals surface area contributed by atoms with Crippen LogP contribution in [0.5, 0.6) is 0 Å². The van der Waals surface area contributed by atoms with Crippen molar-refractivity contribution in [3.63, 3.8) is 0 Å². The van der Waals surface area contributed by atoms with Crippen LogP contribution in [0.4, 0.5) is 5.00 Å². The Morgan fingerprint density at radius 2 is 2.39 bits per heavy atom. The van der Waals surface area contributed by atoms with E-state index in [1.807, 2.05) is 6.07 Å². The minimum absolute atomic E-state index is 0.209.